The predicted octanol–water partition coefficient (Wildman–Crippen LogP) is 2.80. The molecule has 29 heavy (non-hydrogen) atoms. The maximum absolute atomic E-state index is 12.8. The van der Waals surface area contributed by atoms with Crippen LogP contribution in [0.4, 0.5) is 0 Å². The number of benzene rings is 1. The summed E-state index contributed by atoms with van der Waals surface area (Å²) < 4.78 is 9.11. The van der Waals surface area contributed by atoms with Crippen molar-refractivity contribution in [3.8, 4) is 16.9 Å². The average Bonchev–Trinajstić information content (AvgIpc) is 3.31. The van der Waals surface area contributed by atoms with Crippen LogP contribution in [0.1, 0.15) is 37.3 Å². The zero-order chi connectivity index (χ0) is 20.1. The number of hydrogen-bond donors (Lipinski definition) is 2. The van der Waals surface area contributed by atoms with Gasteiger partial charge in [0.2, 0.25) is 0 Å². The first-order valence-corrected chi connectivity index (χ1v) is 9.93. The van der Waals surface area contributed by atoms with Gasteiger partial charge in [0.05, 0.1) is 18.1 Å². The number of nitrogens with zero attached hydrogens (tertiary/aromatic N) is 4. The van der Waals surface area contributed by atoms with Gasteiger partial charge in [0.25, 0.3) is 0 Å². The van der Waals surface area contributed by atoms with Gasteiger partial charge >= 0.3 is 5.69 Å². The van der Waals surface area contributed by atoms with E-state index in [4.69, 9.17) is 10.5 Å². The fourth-order valence-corrected chi connectivity index (χ4v) is 4.50. The Bertz CT molecular complexity index is 1260. The van der Waals surface area contributed by atoms with Crippen molar-refractivity contribution < 1.29 is 4.74 Å². The van der Waals surface area contributed by atoms with Crippen molar-refractivity contribution in [1.82, 2.24) is 24.1 Å². The van der Waals surface area contributed by atoms with E-state index >= 15 is 0 Å². The molecule has 150 valence electrons. The molecule has 3 heterocycles. The van der Waals surface area contributed by atoms with Crippen molar-refractivity contribution in [2.45, 2.75) is 44.7 Å². The number of aromatic amines is 1. The number of nitrogens with one attached hydrogen (secondary N) is 1. The fourth-order valence-electron chi connectivity index (χ4n) is 4.50. The Balaban J connectivity index is 1.64. The molecular weight excluding hydrogens is 368 g/mol. The van der Waals surface area contributed by atoms with Crippen molar-refractivity contribution in [2.75, 3.05) is 7.11 Å². The molecule has 5 rings (SSSR count). The molecule has 4 aromatic rings. The molecule has 0 radical (unpaired) electrons. The topological polar surface area (TPSA) is 103 Å². The third-order valence-electron chi connectivity index (χ3n) is 6.04. The Morgan fingerprint density at radius 2 is 2.00 bits per heavy atom. The Hall–Kier alpha value is -3.13. The summed E-state index contributed by atoms with van der Waals surface area (Å²) in [5.74, 6) is 0.657. The molecule has 0 aliphatic heterocycles. The molecule has 1 aliphatic carbocycles. The van der Waals surface area contributed by atoms with Crippen molar-refractivity contribution in [2.24, 2.45) is 5.73 Å². The van der Waals surface area contributed by atoms with E-state index in [9.17, 15) is 4.79 Å². The first kappa shape index (κ1) is 17.9. The molecule has 1 aromatic carbocycles. The van der Waals surface area contributed by atoms with Gasteiger partial charge in [-0.2, -0.15) is 5.10 Å². The van der Waals surface area contributed by atoms with Crippen molar-refractivity contribution >= 4 is 16.7 Å². The summed E-state index contributed by atoms with van der Waals surface area (Å²) in [7, 11) is 1.62. The highest BCUT2D eigenvalue weighted by atomic mass is 16.5. The molecule has 0 unspecified atom stereocenters. The second kappa shape index (κ2) is 6.73. The van der Waals surface area contributed by atoms with Gasteiger partial charge in [-0.3, -0.25) is 4.57 Å². The highest BCUT2D eigenvalue weighted by Crippen LogP contribution is 2.33. The Kier molecular flexibility index (Phi) is 4.16. The molecule has 0 saturated heterocycles. The van der Waals surface area contributed by atoms with Gasteiger partial charge in [0.1, 0.15) is 6.33 Å². The monoisotopic (exact) mass is 392 g/mol. The summed E-state index contributed by atoms with van der Waals surface area (Å²) >= 11 is 0. The summed E-state index contributed by atoms with van der Waals surface area (Å²) in [6.07, 6.45) is 7.23. The van der Waals surface area contributed by atoms with Crippen LogP contribution in [0.2, 0.25) is 0 Å². The van der Waals surface area contributed by atoms with Crippen LogP contribution < -0.4 is 16.2 Å². The maximum atomic E-state index is 12.8. The Morgan fingerprint density at radius 1 is 1.21 bits per heavy atom. The number of imidazole rings is 1. The number of H-pyrrole nitrogens is 1. The first-order valence-electron chi connectivity index (χ1n) is 9.93. The molecule has 1 fully saturated rings. The third kappa shape index (κ3) is 2.91. The normalized spacial score (nSPS) is 19.8. The van der Waals surface area contributed by atoms with Crippen LogP contribution in [0.15, 0.2) is 35.5 Å². The van der Waals surface area contributed by atoms with Crippen LogP contribution in [-0.2, 0) is 0 Å². The largest absolute Gasteiger partial charge is 0.493 e. The molecule has 1 saturated carbocycles. The number of pyridine rings is 1. The SMILES string of the molecule is COc1cc(-c2cc3[nH]c(=O)n([C@H]4CC[C@@H](N)CC4)c3cc2C)cn2ncnc12. The lowest BCUT2D eigenvalue weighted by Crippen LogP contribution is -2.31. The molecule has 8 nitrogen and oxygen atoms in total. The van der Waals surface area contributed by atoms with Gasteiger partial charge in [0.15, 0.2) is 11.4 Å². The van der Waals surface area contributed by atoms with E-state index in [2.05, 4.69) is 28.1 Å². The van der Waals surface area contributed by atoms with Crippen LogP contribution in [0, 0.1) is 6.92 Å². The lowest BCUT2D eigenvalue weighted by Gasteiger charge is -2.27. The van der Waals surface area contributed by atoms with Gasteiger partial charge in [-0.05, 0) is 61.9 Å². The number of nitrogens with two attached hydrogens (primary N) is 1. The van der Waals surface area contributed by atoms with Crippen LogP contribution in [0.25, 0.3) is 27.8 Å². The van der Waals surface area contributed by atoms with Crippen molar-refractivity contribution in [3.63, 3.8) is 0 Å². The van der Waals surface area contributed by atoms with E-state index in [1.807, 2.05) is 22.9 Å². The number of aromatic nitrogens is 5. The zero-order valence-electron chi connectivity index (χ0n) is 16.6. The molecular formula is C21H24N6O2. The molecule has 3 N–H and O–H groups in total. The predicted molar refractivity (Wildman–Crippen MR) is 111 cm³/mol. The van der Waals surface area contributed by atoms with E-state index in [-0.39, 0.29) is 17.8 Å². The van der Waals surface area contributed by atoms with Crippen LogP contribution >= 0.6 is 0 Å². The summed E-state index contributed by atoms with van der Waals surface area (Å²) in [5.41, 5.74) is 11.5. The second-order valence-corrected chi connectivity index (χ2v) is 7.88. The van der Waals surface area contributed by atoms with Crippen molar-refractivity contribution in [3.05, 3.63) is 46.8 Å². The van der Waals surface area contributed by atoms with Gasteiger partial charge in [-0.1, -0.05) is 0 Å². The first-order chi connectivity index (χ1) is 14.0. The number of hydrogen-bond acceptors (Lipinski definition) is 5. The number of ether oxygens (including phenoxy) is 1. The van der Waals surface area contributed by atoms with E-state index < -0.39 is 0 Å². The molecule has 0 atom stereocenters. The van der Waals surface area contributed by atoms with Gasteiger partial charge in [-0.15, -0.1) is 0 Å². The fraction of sp³-hybridized carbons (Fsp3) is 0.381. The second-order valence-electron chi connectivity index (χ2n) is 7.88. The van der Waals surface area contributed by atoms with Crippen LogP contribution in [-0.4, -0.2) is 37.3 Å². The van der Waals surface area contributed by atoms with Crippen LogP contribution in [0.5, 0.6) is 5.75 Å². The zero-order valence-corrected chi connectivity index (χ0v) is 16.6. The van der Waals surface area contributed by atoms with Gasteiger partial charge in [-0.25, -0.2) is 14.3 Å². The number of methoxy groups -OCH3 is 1. The van der Waals surface area contributed by atoms with Crippen molar-refractivity contribution in [1.29, 1.82) is 0 Å². The molecule has 1 aliphatic rings. The lowest BCUT2D eigenvalue weighted by molar-refractivity contribution is 0.324. The van der Waals surface area contributed by atoms with E-state index in [0.29, 0.717) is 11.4 Å². The minimum absolute atomic E-state index is 0.0543. The number of rotatable bonds is 3. The van der Waals surface area contributed by atoms with E-state index in [1.54, 1.807) is 11.6 Å². The summed E-state index contributed by atoms with van der Waals surface area (Å²) in [6, 6.07) is 6.54. The van der Waals surface area contributed by atoms with Gasteiger partial charge < -0.3 is 15.5 Å². The average molecular weight is 392 g/mol. The van der Waals surface area contributed by atoms with E-state index in [0.717, 1.165) is 53.4 Å². The minimum atomic E-state index is -0.0543. The number of aryl methyl sites for hydroxylation is 1. The lowest BCUT2D eigenvalue weighted by atomic mass is 9.91. The highest BCUT2D eigenvalue weighted by molar-refractivity contribution is 5.85. The highest BCUT2D eigenvalue weighted by Gasteiger charge is 2.23. The quantitative estimate of drug-likeness (QED) is 0.558. The number of fused-ring (bicyclic) bond motifs is 2. The minimum Gasteiger partial charge on any atom is -0.493 e. The molecule has 8 heteroatoms. The Morgan fingerprint density at radius 3 is 2.76 bits per heavy atom. The molecule has 3 aromatic heterocycles. The third-order valence-corrected chi connectivity index (χ3v) is 6.04. The summed E-state index contributed by atoms with van der Waals surface area (Å²) in [6.45, 7) is 2.06. The van der Waals surface area contributed by atoms with Crippen LogP contribution in [0.3, 0.4) is 0 Å². The maximum Gasteiger partial charge on any atom is 0.326 e. The van der Waals surface area contributed by atoms with Gasteiger partial charge in [0, 0.05) is 23.8 Å². The molecule has 0 amide bonds. The standard InChI is InChI=1S/C21H24N6O2/c1-12-7-18-17(25-21(28)27(18)15-5-3-14(22)4-6-15)9-16(12)13-8-19(29-2)20-23-11-24-26(20)10-13/h7-11,14-15H,3-6,22H2,1-2H3,(H,25,28)/t14-,15+. The Labute approximate surface area is 167 Å². The molecule has 0 spiro atoms. The molecule has 0 bridgehead atoms. The summed E-state index contributed by atoms with van der Waals surface area (Å²) in [5, 5.41) is 4.24. The smallest absolute Gasteiger partial charge is 0.326 e. The van der Waals surface area contributed by atoms with E-state index in [1.165, 1.54) is 6.33 Å². The summed E-state index contributed by atoms with van der Waals surface area (Å²) in [4.78, 5) is 20.0.